The average Bonchev–Trinajstić information content (AvgIpc) is 3.02. The molecule has 32 atom stereocenters. The minimum absolute atomic E-state index is 0.208. The monoisotopic (exact) mass is 1920 g/mol. The van der Waals surface area contributed by atoms with E-state index in [1.807, 2.05) is 0 Å². The minimum atomic E-state index is -0.464. The van der Waals surface area contributed by atoms with Crippen molar-refractivity contribution in [3.8, 4) is 0 Å². The first kappa shape index (κ1) is 85.8. The summed E-state index contributed by atoms with van der Waals surface area (Å²) >= 11 is 0. The Hall–Kier alpha value is 25.8. The molecule has 0 aliphatic heterocycles. The molecule has 360 valence electrons. The fourth-order valence-electron chi connectivity index (χ4n) is 3.52. The highest BCUT2D eigenvalue weighted by Crippen LogP contribution is 3.48. The van der Waals surface area contributed by atoms with E-state index < -0.39 is 6.99 Å². The Kier molecular flexibility index (Phi) is 66.9. The summed E-state index contributed by atoms with van der Waals surface area (Å²) in [4.78, 5) is 0. The highest BCUT2D eigenvalue weighted by molar-refractivity contribution is 9.54. The molecule has 0 aromatic rings. The highest BCUT2D eigenvalue weighted by Gasteiger charge is 2.61. The van der Waals surface area contributed by atoms with Crippen molar-refractivity contribution < 1.29 is 0 Å². The van der Waals surface area contributed by atoms with Gasteiger partial charge in [0.2, 0.25) is 0 Å². The van der Waals surface area contributed by atoms with Crippen LogP contribution in [-0.2, 0) is 0 Å². The van der Waals surface area contributed by atoms with Crippen LogP contribution in [0.15, 0.2) is 0 Å². The van der Waals surface area contributed by atoms with Crippen LogP contribution in [0.25, 0.3) is 0 Å². The predicted molar refractivity (Wildman–Crippen MR) is 499 cm³/mol. The largest absolute Gasteiger partial charge is 0.102 e. The van der Waals surface area contributed by atoms with E-state index in [2.05, 4.69) is 277 Å². The summed E-state index contributed by atoms with van der Waals surface area (Å²) in [6.45, 7) is -7.54. The van der Waals surface area contributed by atoms with Gasteiger partial charge in [-0.1, -0.05) is 17.9 Å². The summed E-state index contributed by atoms with van der Waals surface area (Å²) in [7, 11) is 112. The summed E-state index contributed by atoms with van der Waals surface area (Å²) in [5.74, 6) is 0. The van der Waals surface area contributed by atoms with Gasteiger partial charge in [0.15, 0.2) is 0 Å². The summed E-state index contributed by atoms with van der Waals surface area (Å²) < 4.78 is 0. The molecule has 0 aliphatic carbocycles. The molecule has 0 aliphatic rings. The molecular weight excluding hydrogens is 1860 g/mol. The van der Waals surface area contributed by atoms with E-state index in [0.717, 1.165) is 0 Å². The van der Waals surface area contributed by atoms with Gasteiger partial charge in [0.05, 0.1) is 0 Å². The molecule has 0 amide bonds. The molecule has 2 radical (unpaired) electrons. The highest BCUT2D eigenvalue weighted by atomic mass is 33.6. The third-order valence-corrected chi connectivity index (χ3v) is 421. The Bertz CT molecular complexity index is 931. The zero-order valence-corrected chi connectivity index (χ0v) is 92.1. The topological polar surface area (TPSA) is 0 Å². The molecule has 0 aromatic carbocycles. The Morgan fingerprint density at radius 2 is 0.250 bits per heavy atom. The second kappa shape index (κ2) is 46.8. The van der Waals surface area contributed by atoms with Crippen LogP contribution in [0, 0.1) is 0 Å². The molecule has 32 unspecified atom stereocenters. The molecule has 0 bridgehead atoms. The van der Waals surface area contributed by atoms with Crippen LogP contribution < -0.4 is 0 Å². The first-order valence-electron chi connectivity index (χ1n) is 13.5. The summed E-state index contributed by atoms with van der Waals surface area (Å²) in [6.07, 6.45) is 0. The van der Waals surface area contributed by atoms with E-state index in [-0.39, 0.29) is 196 Å². The first-order valence-corrected chi connectivity index (χ1v) is 122. The zero-order chi connectivity index (χ0) is 47.7. The Morgan fingerprint density at radius 1 is 0.150 bits per heavy atom. The lowest BCUT2D eigenvalue weighted by Crippen LogP contribution is -1.73. The fourth-order valence-corrected chi connectivity index (χ4v) is 855. The number of hydrogen-bond acceptors (Lipinski definition) is 0. The molecule has 60 heteroatoms. The fraction of sp³-hybridized carbons (Fsp3) is 0. The van der Waals surface area contributed by atoms with E-state index >= 15 is 0 Å². The summed E-state index contributed by atoms with van der Waals surface area (Å²) in [6, 6.07) is 0. The maximum Gasteiger partial charge on any atom is -0.0000114 e. The standard InChI is InChI=1S/H60P60/c1-32(2)47(31)55(48(33(3)4)34(5)6)59(56(49(35(7)8)36(9)10)50(37(11)12)38(13)14)60(57(51(39(15)16)40(17)18)52(41(19)20)42(21)22)58(53(43(23)24)44(25)26)54(45(27)28)46(29)30/h1-2H,3-31H2. The molecule has 0 N–H and O–H groups in total. The summed E-state index contributed by atoms with van der Waals surface area (Å²) in [5, 5.41) is 0. The van der Waals surface area contributed by atoms with Crippen LogP contribution in [0.2, 0.25) is 0 Å². The maximum absolute atomic E-state index is 4.52. The van der Waals surface area contributed by atoms with Gasteiger partial charge in [-0.05, 0) is 203 Å². The van der Waals surface area contributed by atoms with Gasteiger partial charge < -0.3 is 0 Å². The van der Waals surface area contributed by atoms with Gasteiger partial charge in [-0.25, -0.2) is 0 Å². The van der Waals surface area contributed by atoms with Gasteiger partial charge >= 0.3 is 0 Å². The first-order chi connectivity index (χ1) is 27.2. The van der Waals surface area contributed by atoms with Crippen LogP contribution in [0.5, 0.6) is 0 Å². The molecule has 0 heterocycles. The van der Waals surface area contributed by atoms with Crippen molar-refractivity contribution in [1.29, 1.82) is 0 Å². The number of hydrogen-bond donors (Lipinski definition) is 0. The lowest BCUT2D eigenvalue weighted by atomic mass is 28.4. The van der Waals surface area contributed by atoms with Crippen LogP contribution in [0.4, 0.5) is 0 Å². The van der Waals surface area contributed by atoms with Crippen LogP contribution in [0.3, 0.4) is 0 Å². The van der Waals surface area contributed by atoms with Crippen molar-refractivity contribution in [2.24, 2.45) is 0 Å². The third-order valence-electron chi connectivity index (χ3n) is 5.20. The van der Waals surface area contributed by atoms with Gasteiger partial charge in [0.1, 0.15) is 0 Å². The van der Waals surface area contributed by atoms with Crippen molar-refractivity contribution in [1.82, 2.24) is 0 Å². The quantitative estimate of drug-likeness (QED) is 0.0685. The van der Waals surface area contributed by atoms with Crippen LogP contribution in [-0.4, -0.2) is 0 Å². The SMILES string of the molecule is [PH]P([PH])P(P)P(P(P(P)P)P(P)P)P(P(P(P(P)P)P(P)P)P(P(P)P)P(P)P)P(P(P(P(P)P)P(P)P)P(P(P)P)P(P)P)P(P(P(P)P)P(P)P)P(P(P)P)P(P)P. The van der Waals surface area contributed by atoms with Gasteiger partial charge in [-0.3, -0.25) is 0 Å². The average molecular weight is 1920 g/mol. The third kappa shape index (κ3) is 30.3. The number of rotatable bonds is 28. The lowest BCUT2D eigenvalue weighted by Gasteiger charge is -2.60. The zero-order valence-electron chi connectivity index (χ0n) is 30.7. The Morgan fingerprint density at radius 3 is 0.367 bits per heavy atom. The van der Waals surface area contributed by atoms with Crippen LogP contribution >= 0.6 is 479 Å². The second-order valence-corrected chi connectivity index (χ2v) is 255. The second-order valence-electron chi connectivity index (χ2n) is 9.44. The van der Waals surface area contributed by atoms with E-state index in [0.29, 0.717) is 0 Å². The Labute approximate surface area is 472 Å². The summed E-state index contributed by atoms with van der Waals surface area (Å²) in [5.41, 5.74) is 0. The van der Waals surface area contributed by atoms with Crippen molar-refractivity contribution in [3.63, 3.8) is 0 Å². The van der Waals surface area contributed by atoms with Gasteiger partial charge in [-0.15, -0.1) is 259 Å². The lowest BCUT2D eigenvalue weighted by molar-refractivity contribution is 4.33. The molecule has 0 nitrogen and oxygen atoms in total. The molecule has 60 heavy (non-hydrogen) atoms. The molecule has 0 fully saturated rings. The van der Waals surface area contributed by atoms with E-state index in [4.69, 9.17) is 0 Å². The predicted octanol–water partition coefficient (Wildman–Crippen LogP) is 35.6. The van der Waals surface area contributed by atoms with E-state index in [1.165, 1.54) is 0 Å². The van der Waals surface area contributed by atoms with E-state index in [1.54, 1.807) is 0 Å². The molecule has 0 spiro atoms. The van der Waals surface area contributed by atoms with Crippen molar-refractivity contribution in [3.05, 3.63) is 0 Å². The van der Waals surface area contributed by atoms with Crippen molar-refractivity contribution >= 4 is 479 Å². The van der Waals surface area contributed by atoms with Gasteiger partial charge in [0, 0.05) is 0 Å². The normalized spacial score (nSPS) is 15.9. The molecule has 0 rings (SSSR count). The van der Waals surface area contributed by atoms with Crippen molar-refractivity contribution in [2.45, 2.75) is 0 Å². The smallest absolute Gasteiger partial charge is 0.0000114 e. The van der Waals surface area contributed by atoms with Crippen molar-refractivity contribution in [2.75, 3.05) is 0 Å². The Balaban J connectivity index is 10.7. The van der Waals surface area contributed by atoms with Gasteiger partial charge in [-0.2, -0.15) is 0 Å². The minimum Gasteiger partial charge on any atom is -0.102 e. The molecule has 0 saturated heterocycles. The molecular formula is H60P60. The van der Waals surface area contributed by atoms with Gasteiger partial charge in [0.25, 0.3) is 0 Å². The molecule has 0 saturated carbocycles. The van der Waals surface area contributed by atoms with Crippen LogP contribution in [0.1, 0.15) is 0 Å². The molecule has 0 aromatic heterocycles. The van der Waals surface area contributed by atoms with E-state index in [9.17, 15) is 0 Å². The maximum atomic E-state index is 4.52.